The summed E-state index contributed by atoms with van der Waals surface area (Å²) in [5.41, 5.74) is 0. The second-order valence-corrected chi connectivity index (χ2v) is 3.85. The highest BCUT2D eigenvalue weighted by Gasteiger charge is 2.38. The molecule has 1 saturated carbocycles. The molecular weight excluding hydrogens is 196 g/mol. The number of esters is 1. The van der Waals surface area contributed by atoms with E-state index in [0.717, 1.165) is 12.2 Å². The molecule has 0 spiro atoms. The normalized spacial score (nSPS) is 23.9. The lowest BCUT2D eigenvalue weighted by molar-refractivity contribution is -0.142. The third-order valence-electron chi connectivity index (χ3n) is 2.53. The van der Waals surface area contributed by atoms with Gasteiger partial charge in [-0.05, 0) is 19.3 Å². The summed E-state index contributed by atoms with van der Waals surface area (Å²) in [6.45, 7) is 4.29. The van der Waals surface area contributed by atoms with Crippen LogP contribution >= 0.6 is 0 Å². The number of ether oxygens (including phenoxy) is 1. The van der Waals surface area contributed by atoms with E-state index >= 15 is 0 Å². The molecule has 0 bridgehead atoms. The third kappa shape index (κ3) is 2.34. The predicted octanol–water partition coefficient (Wildman–Crippen LogP) is 1.30. The van der Waals surface area contributed by atoms with Crippen LogP contribution in [0.4, 0.5) is 0 Å². The lowest BCUT2D eigenvalue weighted by Crippen LogP contribution is -2.07. The van der Waals surface area contributed by atoms with Crippen molar-refractivity contribution in [1.82, 2.24) is 10.1 Å². The highest BCUT2D eigenvalue weighted by atomic mass is 16.5. The van der Waals surface area contributed by atoms with Crippen molar-refractivity contribution in [1.29, 1.82) is 0 Å². The summed E-state index contributed by atoms with van der Waals surface area (Å²) in [5, 5.41) is 3.85. The number of aromatic nitrogens is 2. The van der Waals surface area contributed by atoms with E-state index in [0.29, 0.717) is 24.3 Å². The van der Waals surface area contributed by atoms with Gasteiger partial charge in [-0.15, -0.1) is 0 Å². The molecule has 15 heavy (non-hydrogen) atoms. The Balaban J connectivity index is 1.92. The van der Waals surface area contributed by atoms with Gasteiger partial charge in [-0.1, -0.05) is 12.1 Å². The molecular formula is C10H14N2O3. The molecule has 82 valence electrons. The minimum absolute atomic E-state index is 0.0714. The standard InChI is InChI=1S/C10H14N2O3/c1-3-14-9(13)5-8-11-10(12-15-8)7-4-6(7)2/h6-7H,3-5H2,1-2H3. The van der Waals surface area contributed by atoms with Crippen LogP contribution in [0.5, 0.6) is 0 Å². The molecule has 2 unspecified atom stereocenters. The molecule has 0 radical (unpaired) electrons. The van der Waals surface area contributed by atoms with E-state index in [1.54, 1.807) is 6.92 Å². The monoisotopic (exact) mass is 210 g/mol. The number of rotatable bonds is 4. The third-order valence-corrected chi connectivity index (χ3v) is 2.53. The summed E-state index contributed by atoms with van der Waals surface area (Å²) < 4.78 is 9.75. The van der Waals surface area contributed by atoms with Gasteiger partial charge < -0.3 is 9.26 Å². The van der Waals surface area contributed by atoms with Gasteiger partial charge in [0.25, 0.3) is 0 Å². The maximum Gasteiger partial charge on any atom is 0.315 e. The molecule has 1 aliphatic carbocycles. The van der Waals surface area contributed by atoms with Gasteiger partial charge in [0, 0.05) is 5.92 Å². The fourth-order valence-corrected chi connectivity index (χ4v) is 1.51. The molecule has 1 aromatic heterocycles. The second kappa shape index (κ2) is 4.00. The van der Waals surface area contributed by atoms with Crippen LogP contribution in [0.3, 0.4) is 0 Å². The maximum atomic E-state index is 11.1. The van der Waals surface area contributed by atoms with Crippen LogP contribution < -0.4 is 0 Å². The molecule has 1 heterocycles. The SMILES string of the molecule is CCOC(=O)Cc1nc(C2CC2C)no1. The van der Waals surface area contributed by atoms with Crippen LogP contribution in [-0.4, -0.2) is 22.7 Å². The summed E-state index contributed by atoms with van der Waals surface area (Å²) in [5.74, 6) is 1.81. The first-order valence-electron chi connectivity index (χ1n) is 5.18. The van der Waals surface area contributed by atoms with Gasteiger partial charge in [0.2, 0.25) is 5.89 Å². The first-order chi connectivity index (χ1) is 7.20. The zero-order valence-corrected chi connectivity index (χ0v) is 8.90. The smallest absolute Gasteiger partial charge is 0.315 e. The molecule has 0 aromatic carbocycles. The second-order valence-electron chi connectivity index (χ2n) is 3.85. The average molecular weight is 210 g/mol. The first-order valence-corrected chi connectivity index (χ1v) is 5.18. The zero-order valence-electron chi connectivity index (χ0n) is 8.90. The fraction of sp³-hybridized carbons (Fsp3) is 0.700. The Kier molecular flexibility index (Phi) is 2.70. The maximum absolute atomic E-state index is 11.1. The van der Waals surface area contributed by atoms with Gasteiger partial charge in [-0.2, -0.15) is 4.98 Å². The predicted molar refractivity (Wildman–Crippen MR) is 51.2 cm³/mol. The van der Waals surface area contributed by atoms with Gasteiger partial charge in [-0.25, -0.2) is 0 Å². The molecule has 0 amide bonds. The fourth-order valence-electron chi connectivity index (χ4n) is 1.51. The number of nitrogens with zero attached hydrogens (tertiary/aromatic N) is 2. The Morgan fingerprint density at radius 2 is 2.40 bits per heavy atom. The molecule has 5 nitrogen and oxygen atoms in total. The van der Waals surface area contributed by atoms with Crippen LogP contribution in [0.15, 0.2) is 4.52 Å². The van der Waals surface area contributed by atoms with Gasteiger partial charge >= 0.3 is 5.97 Å². The van der Waals surface area contributed by atoms with E-state index in [2.05, 4.69) is 17.1 Å². The van der Waals surface area contributed by atoms with Crippen molar-refractivity contribution in [3.8, 4) is 0 Å². The summed E-state index contributed by atoms with van der Waals surface area (Å²) >= 11 is 0. The van der Waals surface area contributed by atoms with Gasteiger partial charge in [-0.3, -0.25) is 4.79 Å². The topological polar surface area (TPSA) is 65.2 Å². The minimum atomic E-state index is -0.323. The number of hydrogen-bond donors (Lipinski definition) is 0. The van der Waals surface area contributed by atoms with Crippen LogP contribution in [0.1, 0.15) is 37.9 Å². The van der Waals surface area contributed by atoms with Crippen molar-refractivity contribution < 1.29 is 14.1 Å². The van der Waals surface area contributed by atoms with Crippen LogP contribution in [0.2, 0.25) is 0 Å². The average Bonchev–Trinajstić information content (AvgIpc) is 2.74. The highest BCUT2D eigenvalue weighted by molar-refractivity contribution is 5.71. The van der Waals surface area contributed by atoms with Crippen molar-refractivity contribution in [3.63, 3.8) is 0 Å². The van der Waals surface area contributed by atoms with Gasteiger partial charge in [0.15, 0.2) is 5.82 Å². The van der Waals surface area contributed by atoms with E-state index < -0.39 is 0 Å². The molecule has 0 saturated heterocycles. The zero-order chi connectivity index (χ0) is 10.8. The van der Waals surface area contributed by atoms with Crippen LogP contribution in [0, 0.1) is 5.92 Å². The summed E-state index contributed by atoms with van der Waals surface area (Å²) in [7, 11) is 0. The van der Waals surface area contributed by atoms with E-state index in [1.165, 1.54) is 0 Å². The first kappa shape index (κ1) is 10.1. The van der Waals surface area contributed by atoms with E-state index in [4.69, 9.17) is 9.26 Å². The van der Waals surface area contributed by atoms with E-state index in [1.807, 2.05) is 0 Å². The molecule has 2 rings (SSSR count). The van der Waals surface area contributed by atoms with Crippen molar-refractivity contribution in [2.45, 2.75) is 32.6 Å². The summed E-state index contributed by atoms with van der Waals surface area (Å²) in [6.07, 6.45) is 1.18. The summed E-state index contributed by atoms with van der Waals surface area (Å²) in [4.78, 5) is 15.3. The Morgan fingerprint density at radius 3 is 3.00 bits per heavy atom. The Morgan fingerprint density at radius 1 is 1.67 bits per heavy atom. The van der Waals surface area contributed by atoms with Crippen molar-refractivity contribution in [3.05, 3.63) is 11.7 Å². The molecule has 0 N–H and O–H groups in total. The lowest BCUT2D eigenvalue weighted by Gasteiger charge is -1.96. The van der Waals surface area contributed by atoms with Gasteiger partial charge in [0.05, 0.1) is 6.61 Å². The van der Waals surface area contributed by atoms with Gasteiger partial charge in [0.1, 0.15) is 6.42 Å². The largest absolute Gasteiger partial charge is 0.466 e. The molecule has 0 aliphatic heterocycles. The lowest BCUT2D eigenvalue weighted by atomic mass is 10.3. The number of hydrogen-bond acceptors (Lipinski definition) is 5. The molecule has 2 atom stereocenters. The molecule has 5 heteroatoms. The quantitative estimate of drug-likeness (QED) is 0.701. The molecule has 1 aliphatic rings. The number of carbonyl (C=O) groups excluding carboxylic acids is 1. The minimum Gasteiger partial charge on any atom is -0.466 e. The highest BCUT2D eigenvalue weighted by Crippen LogP contribution is 2.45. The Hall–Kier alpha value is -1.39. The van der Waals surface area contributed by atoms with Crippen LogP contribution in [0.25, 0.3) is 0 Å². The molecule has 1 aromatic rings. The van der Waals surface area contributed by atoms with E-state index in [9.17, 15) is 4.79 Å². The number of carbonyl (C=O) groups is 1. The Labute approximate surface area is 87.8 Å². The van der Waals surface area contributed by atoms with Crippen LogP contribution in [-0.2, 0) is 16.0 Å². The summed E-state index contributed by atoms with van der Waals surface area (Å²) in [6, 6.07) is 0. The van der Waals surface area contributed by atoms with Crippen molar-refractivity contribution in [2.75, 3.05) is 6.61 Å². The Bertz CT molecular complexity index is 361. The van der Waals surface area contributed by atoms with Crippen molar-refractivity contribution in [2.24, 2.45) is 5.92 Å². The van der Waals surface area contributed by atoms with Crippen molar-refractivity contribution >= 4 is 5.97 Å². The molecule has 1 fully saturated rings. The van der Waals surface area contributed by atoms with E-state index in [-0.39, 0.29) is 12.4 Å².